The molecular weight excluding hydrogens is 440 g/mol. The summed E-state index contributed by atoms with van der Waals surface area (Å²) >= 11 is 6.03. The molecule has 1 saturated heterocycles. The van der Waals surface area contributed by atoms with E-state index in [1.807, 2.05) is 30.3 Å². The zero-order valence-electron chi connectivity index (χ0n) is 17.7. The van der Waals surface area contributed by atoms with Gasteiger partial charge in [-0.05, 0) is 53.9 Å². The Labute approximate surface area is 196 Å². The monoisotopic (exact) mass is 462 g/mol. The molecule has 2 aromatic carbocycles. The van der Waals surface area contributed by atoms with Gasteiger partial charge in [-0.25, -0.2) is 0 Å². The Bertz CT molecular complexity index is 1160. The highest BCUT2D eigenvalue weighted by molar-refractivity contribution is 6.31. The molecule has 4 aliphatic carbocycles. The second-order valence-electron chi connectivity index (χ2n) is 9.56. The van der Waals surface area contributed by atoms with Crippen LogP contribution in [0, 0.1) is 35.5 Å². The van der Waals surface area contributed by atoms with Crippen LogP contribution in [0.3, 0.4) is 0 Å². The number of carbonyl (C=O) groups is 3. The maximum absolute atomic E-state index is 13.6. The van der Waals surface area contributed by atoms with Crippen molar-refractivity contribution in [3.8, 4) is 5.75 Å². The van der Waals surface area contributed by atoms with E-state index in [-0.39, 0.29) is 53.3 Å². The van der Waals surface area contributed by atoms with Crippen LogP contribution < -0.4 is 5.32 Å². The average molecular weight is 463 g/mol. The molecule has 2 aromatic rings. The Morgan fingerprint density at radius 3 is 2.30 bits per heavy atom. The van der Waals surface area contributed by atoms with Gasteiger partial charge in [0.05, 0.1) is 17.5 Å². The number of rotatable bonds is 5. The van der Waals surface area contributed by atoms with Gasteiger partial charge in [0.2, 0.25) is 17.7 Å². The van der Waals surface area contributed by atoms with Crippen molar-refractivity contribution in [2.45, 2.75) is 18.9 Å². The van der Waals surface area contributed by atoms with Gasteiger partial charge >= 0.3 is 0 Å². The predicted octanol–water partition coefficient (Wildman–Crippen LogP) is 3.65. The van der Waals surface area contributed by atoms with Crippen molar-refractivity contribution in [2.24, 2.45) is 35.5 Å². The van der Waals surface area contributed by atoms with Gasteiger partial charge in [-0.2, -0.15) is 0 Å². The van der Waals surface area contributed by atoms with Crippen molar-refractivity contribution in [3.05, 3.63) is 71.3 Å². The standard InChI is InChI=1S/C26H23ClN2O4/c27-14-6-9-21(30)19(11-14)28-24(31)20(10-13-4-2-1-3-5-13)29-25(32)22-15-7-8-16(18-12-17(15)18)23(22)26(29)33/h1-9,11,15-18,20,22-23,30H,10,12H2,(H,28,31)/t15-,16-,17-,18-,20-,22-,23+/m0/s1. The lowest BCUT2D eigenvalue weighted by Gasteiger charge is -2.37. The number of hydrogen-bond donors (Lipinski definition) is 2. The maximum Gasteiger partial charge on any atom is 0.248 e. The van der Waals surface area contributed by atoms with Crippen LogP contribution in [-0.2, 0) is 20.8 Å². The molecular formula is C26H23ClN2O4. The third-order valence-corrected chi connectivity index (χ3v) is 8.03. The zero-order chi connectivity index (χ0) is 22.9. The lowest BCUT2D eigenvalue weighted by molar-refractivity contribution is -0.146. The highest BCUT2D eigenvalue weighted by atomic mass is 35.5. The van der Waals surface area contributed by atoms with E-state index in [4.69, 9.17) is 11.6 Å². The molecule has 3 amide bonds. The van der Waals surface area contributed by atoms with Crippen LogP contribution in [0.4, 0.5) is 5.69 Å². The molecule has 33 heavy (non-hydrogen) atoms. The maximum atomic E-state index is 13.6. The molecule has 7 rings (SSSR count). The summed E-state index contributed by atoms with van der Waals surface area (Å²) in [7, 11) is 0. The third kappa shape index (κ3) is 3.19. The highest BCUT2D eigenvalue weighted by Gasteiger charge is 2.67. The summed E-state index contributed by atoms with van der Waals surface area (Å²) in [5.74, 6) is -0.757. The van der Waals surface area contributed by atoms with Crippen LogP contribution in [0.2, 0.25) is 5.02 Å². The molecule has 2 N–H and O–H groups in total. The number of carbonyl (C=O) groups excluding carboxylic acids is 3. The Kier molecular flexibility index (Phi) is 4.63. The number of halogens is 1. The summed E-state index contributed by atoms with van der Waals surface area (Å²) in [6.45, 7) is 0. The number of imide groups is 1. The summed E-state index contributed by atoms with van der Waals surface area (Å²) in [5.41, 5.74) is 0.984. The SMILES string of the molecule is O=C(Nc1cc(Cl)ccc1O)[C@H](Cc1ccccc1)N1C(=O)[C@@H]2[C@H]3C=C[C@@H]([C@@H]4C[C@@H]34)[C@@H]2C1=O. The third-order valence-electron chi connectivity index (χ3n) is 7.80. The van der Waals surface area contributed by atoms with Crippen molar-refractivity contribution in [1.82, 2.24) is 4.90 Å². The Hall–Kier alpha value is -3.12. The molecule has 168 valence electrons. The van der Waals surface area contributed by atoms with Gasteiger partial charge < -0.3 is 10.4 Å². The van der Waals surface area contributed by atoms with Crippen LogP contribution in [0.1, 0.15) is 12.0 Å². The number of amides is 3. The van der Waals surface area contributed by atoms with Gasteiger partial charge in [0.25, 0.3) is 0 Å². The number of phenolic OH excluding ortho intramolecular Hbond substituents is 1. The molecule has 3 fully saturated rings. The fourth-order valence-corrected chi connectivity index (χ4v) is 6.42. The fourth-order valence-electron chi connectivity index (χ4n) is 6.25. The molecule has 1 heterocycles. The second-order valence-corrected chi connectivity index (χ2v) is 9.99. The number of aromatic hydroxyl groups is 1. The molecule has 6 nitrogen and oxygen atoms in total. The van der Waals surface area contributed by atoms with Gasteiger partial charge in [0.1, 0.15) is 11.8 Å². The van der Waals surface area contributed by atoms with Gasteiger partial charge in [-0.15, -0.1) is 0 Å². The first-order valence-corrected chi connectivity index (χ1v) is 11.7. The minimum atomic E-state index is -1.02. The lowest BCUT2D eigenvalue weighted by atomic mass is 9.63. The number of nitrogens with zero attached hydrogens (tertiary/aromatic N) is 1. The van der Waals surface area contributed by atoms with E-state index < -0.39 is 11.9 Å². The van der Waals surface area contributed by atoms with Gasteiger partial charge in [0.15, 0.2) is 0 Å². The topological polar surface area (TPSA) is 86.7 Å². The summed E-state index contributed by atoms with van der Waals surface area (Å²) in [6, 6.07) is 12.7. The Morgan fingerprint density at radius 2 is 1.67 bits per heavy atom. The molecule has 5 aliphatic rings. The number of nitrogens with one attached hydrogen (secondary N) is 1. The van der Waals surface area contributed by atoms with E-state index >= 15 is 0 Å². The first-order valence-electron chi connectivity index (χ1n) is 11.3. The van der Waals surface area contributed by atoms with E-state index in [1.54, 1.807) is 0 Å². The number of allylic oxidation sites excluding steroid dienone is 2. The Balaban J connectivity index is 1.34. The van der Waals surface area contributed by atoms with Crippen LogP contribution in [0.25, 0.3) is 0 Å². The van der Waals surface area contributed by atoms with Crippen LogP contribution in [-0.4, -0.2) is 33.8 Å². The smallest absolute Gasteiger partial charge is 0.248 e. The molecule has 1 aliphatic heterocycles. The zero-order valence-corrected chi connectivity index (χ0v) is 18.5. The van der Waals surface area contributed by atoms with Gasteiger partial charge in [0, 0.05) is 11.4 Å². The normalized spacial score (nSPS) is 31.8. The number of anilines is 1. The molecule has 7 heteroatoms. The molecule has 2 bridgehead atoms. The van der Waals surface area contributed by atoms with E-state index in [9.17, 15) is 19.5 Å². The minimum Gasteiger partial charge on any atom is -0.506 e. The molecule has 0 radical (unpaired) electrons. The van der Waals surface area contributed by atoms with E-state index in [0.29, 0.717) is 16.9 Å². The fraction of sp³-hybridized carbons (Fsp3) is 0.346. The largest absolute Gasteiger partial charge is 0.506 e. The molecule has 7 atom stereocenters. The predicted molar refractivity (Wildman–Crippen MR) is 122 cm³/mol. The number of likely N-dealkylation sites (tertiary alicyclic amines) is 1. The van der Waals surface area contributed by atoms with Gasteiger partial charge in [-0.3, -0.25) is 19.3 Å². The number of hydrogen-bond acceptors (Lipinski definition) is 4. The summed E-state index contributed by atoms with van der Waals surface area (Å²) < 4.78 is 0. The quantitative estimate of drug-likeness (QED) is 0.403. The van der Waals surface area contributed by atoms with Crippen LogP contribution in [0.5, 0.6) is 5.75 Å². The molecule has 2 saturated carbocycles. The van der Waals surface area contributed by atoms with Crippen LogP contribution in [0.15, 0.2) is 60.7 Å². The second kappa shape index (κ2) is 7.45. The average Bonchev–Trinajstić information content (AvgIpc) is 3.59. The summed E-state index contributed by atoms with van der Waals surface area (Å²) in [4.78, 5) is 42.0. The van der Waals surface area contributed by atoms with Crippen molar-refractivity contribution in [2.75, 3.05) is 5.32 Å². The van der Waals surface area contributed by atoms with Crippen molar-refractivity contribution in [3.63, 3.8) is 0 Å². The molecule has 0 unspecified atom stereocenters. The van der Waals surface area contributed by atoms with Crippen molar-refractivity contribution in [1.29, 1.82) is 0 Å². The summed E-state index contributed by atoms with van der Waals surface area (Å²) in [6.07, 6.45) is 5.51. The lowest BCUT2D eigenvalue weighted by Crippen LogP contribution is -2.49. The number of benzene rings is 2. The summed E-state index contributed by atoms with van der Waals surface area (Å²) in [5, 5.41) is 13.2. The van der Waals surface area contributed by atoms with Crippen LogP contribution >= 0.6 is 11.6 Å². The van der Waals surface area contributed by atoms with Gasteiger partial charge in [-0.1, -0.05) is 54.1 Å². The Morgan fingerprint density at radius 1 is 1.03 bits per heavy atom. The van der Waals surface area contributed by atoms with E-state index in [2.05, 4.69) is 17.5 Å². The molecule has 0 aromatic heterocycles. The van der Waals surface area contributed by atoms with E-state index in [0.717, 1.165) is 12.0 Å². The first-order chi connectivity index (χ1) is 15.9. The molecule has 0 spiro atoms. The van der Waals surface area contributed by atoms with Crippen molar-refractivity contribution >= 4 is 35.0 Å². The van der Waals surface area contributed by atoms with E-state index in [1.165, 1.54) is 23.1 Å². The minimum absolute atomic E-state index is 0.0869. The van der Waals surface area contributed by atoms with Crippen molar-refractivity contribution < 1.29 is 19.5 Å². The number of phenols is 1. The first kappa shape index (κ1) is 20.5. The highest BCUT2D eigenvalue weighted by Crippen LogP contribution is 2.65.